The third-order valence-electron chi connectivity index (χ3n) is 2.39. The average molecular weight is 248 g/mol. The molecular weight excluding hydrogens is 235 g/mol. The van der Waals surface area contributed by atoms with Gasteiger partial charge in [-0.3, -0.25) is 9.48 Å². The van der Waals surface area contributed by atoms with Crippen LogP contribution >= 0.6 is 0 Å². The molecule has 0 unspecified atom stereocenters. The van der Waals surface area contributed by atoms with E-state index in [9.17, 15) is 9.18 Å². The lowest BCUT2D eigenvalue weighted by Crippen LogP contribution is -2.24. The summed E-state index contributed by atoms with van der Waals surface area (Å²) in [6.45, 7) is 2.51. The van der Waals surface area contributed by atoms with E-state index in [1.54, 1.807) is 23.0 Å². The number of rotatable bonds is 4. The third kappa shape index (κ3) is 3.13. The SMILES string of the molecule is CC(=O)NCCn1cc(-c2ccc(F)cc2)nn1. The van der Waals surface area contributed by atoms with Crippen LogP contribution in [0.2, 0.25) is 0 Å². The monoisotopic (exact) mass is 248 g/mol. The van der Waals surface area contributed by atoms with Crippen LogP contribution in [0.1, 0.15) is 6.92 Å². The Hall–Kier alpha value is -2.24. The van der Waals surface area contributed by atoms with Crippen molar-refractivity contribution in [3.63, 3.8) is 0 Å². The summed E-state index contributed by atoms with van der Waals surface area (Å²) in [5.74, 6) is -0.356. The number of hydrogen-bond donors (Lipinski definition) is 1. The van der Waals surface area contributed by atoms with Gasteiger partial charge >= 0.3 is 0 Å². The first-order valence-corrected chi connectivity index (χ1v) is 5.55. The van der Waals surface area contributed by atoms with E-state index in [1.165, 1.54) is 19.1 Å². The van der Waals surface area contributed by atoms with Crippen molar-refractivity contribution >= 4 is 5.91 Å². The topological polar surface area (TPSA) is 59.8 Å². The van der Waals surface area contributed by atoms with Crippen LogP contribution in [-0.2, 0) is 11.3 Å². The highest BCUT2D eigenvalue weighted by Gasteiger charge is 2.03. The zero-order valence-corrected chi connectivity index (χ0v) is 9.93. The molecule has 1 N–H and O–H groups in total. The van der Waals surface area contributed by atoms with Crippen LogP contribution in [0.3, 0.4) is 0 Å². The summed E-state index contributed by atoms with van der Waals surface area (Å²) < 4.78 is 14.4. The maximum Gasteiger partial charge on any atom is 0.216 e. The number of aromatic nitrogens is 3. The molecule has 1 aromatic heterocycles. The molecule has 2 aromatic rings. The summed E-state index contributed by atoms with van der Waals surface area (Å²) in [5.41, 5.74) is 1.49. The van der Waals surface area contributed by atoms with Gasteiger partial charge in [0.05, 0.1) is 12.7 Å². The molecule has 0 atom stereocenters. The second-order valence-electron chi connectivity index (χ2n) is 3.86. The van der Waals surface area contributed by atoms with Crippen LogP contribution in [0, 0.1) is 5.82 Å². The summed E-state index contributed by atoms with van der Waals surface area (Å²) in [5, 5.41) is 10.6. The van der Waals surface area contributed by atoms with Crippen molar-refractivity contribution in [3.05, 3.63) is 36.3 Å². The van der Waals surface area contributed by atoms with Crippen molar-refractivity contribution in [2.24, 2.45) is 0 Å². The summed E-state index contributed by atoms with van der Waals surface area (Å²) in [6.07, 6.45) is 1.76. The molecular formula is C12H13FN4O. The van der Waals surface area contributed by atoms with Gasteiger partial charge in [-0.05, 0) is 24.3 Å². The first kappa shape index (κ1) is 12.2. The average Bonchev–Trinajstić information content (AvgIpc) is 2.78. The molecule has 1 amide bonds. The molecule has 0 aliphatic heterocycles. The summed E-state index contributed by atoms with van der Waals surface area (Å²) in [6, 6.07) is 6.06. The molecule has 5 nitrogen and oxygen atoms in total. The Bertz CT molecular complexity index is 535. The highest BCUT2D eigenvalue weighted by Crippen LogP contribution is 2.15. The van der Waals surface area contributed by atoms with Gasteiger partial charge in [-0.2, -0.15) is 0 Å². The number of halogens is 1. The number of benzene rings is 1. The van der Waals surface area contributed by atoms with Gasteiger partial charge < -0.3 is 5.32 Å². The number of nitrogens with zero attached hydrogens (tertiary/aromatic N) is 3. The van der Waals surface area contributed by atoms with E-state index in [4.69, 9.17) is 0 Å². The van der Waals surface area contributed by atoms with Crippen molar-refractivity contribution in [2.45, 2.75) is 13.5 Å². The number of hydrogen-bond acceptors (Lipinski definition) is 3. The van der Waals surface area contributed by atoms with Gasteiger partial charge in [0.1, 0.15) is 11.5 Å². The van der Waals surface area contributed by atoms with Gasteiger partial charge in [0.15, 0.2) is 0 Å². The van der Waals surface area contributed by atoms with Crippen LogP contribution < -0.4 is 5.32 Å². The fourth-order valence-corrected chi connectivity index (χ4v) is 1.51. The molecule has 0 spiro atoms. The smallest absolute Gasteiger partial charge is 0.216 e. The Morgan fingerprint density at radius 2 is 2.11 bits per heavy atom. The Morgan fingerprint density at radius 3 is 2.78 bits per heavy atom. The zero-order chi connectivity index (χ0) is 13.0. The van der Waals surface area contributed by atoms with Crippen LogP contribution in [0.5, 0.6) is 0 Å². The van der Waals surface area contributed by atoms with Crippen molar-refractivity contribution in [2.75, 3.05) is 6.54 Å². The standard InChI is InChI=1S/C12H13FN4O/c1-9(18)14-6-7-17-8-12(15-16-17)10-2-4-11(13)5-3-10/h2-5,8H,6-7H2,1H3,(H,14,18). The fraction of sp³-hybridized carbons (Fsp3) is 0.250. The molecule has 1 aromatic carbocycles. The van der Waals surface area contributed by atoms with Crippen molar-refractivity contribution in [3.8, 4) is 11.3 Å². The van der Waals surface area contributed by atoms with Gasteiger partial charge in [-0.15, -0.1) is 5.10 Å². The lowest BCUT2D eigenvalue weighted by molar-refractivity contribution is -0.118. The minimum atomic E-state index is -0.281. The number of carbonyl (C=O) groups excluding carboxylic acids is 1. The maximum absolute atomic E-state index is 12.8. The van der Waals surface area contributed by atoms with Crippen molar-refractivity contribution < 1.29 is 9.18 Å². The molecule has 18 heavy (non-hydrogen) atoms. The number of amides is 1. The molecule has 6 heteroatoms. The van der Waals surface area contributed by atoms with E-state index in [-0.39, 0.29) is 11.7 Å². The Balaban J connectivity index is 2.01. The molecule has 0 radical (unpaired) electrons. The molecule has 0 aliphatic carbocycles. The van der Waals surface area contributed by atoms with Crippen molar-refractivity contribution in [1.29, 1.82) is 0 Å². The van der Waals surface area contributed by atoms with E-state index < -0.39 is 0 Å². The summed E-state index contributed by atoms with van der Waals surface area (Å²) >= 11 is 0. The summed E-state index contributed by atoms with van der Waals surface area (Å²) in [4.78, 5) is 10.7. The molecule has 1 heterocycles. The van der Waals surface area contributed by atoms with Gasteiger partial charge in [-0.25, -0.2) is 4.39 Å². The first-order valence-electron chi connectivity index (χ1n) is 5.55. The first-order chi connectivity index (χ1) is 8.65. The maximum atomic E-state index is 12.8. The Morgan fingerprint density at radius 1 is 1.39 bits per heavy atom. The van der Waals surface area contributed by atoms with E-state index in [0.29, 0.717) is 18.8 Å². The molecule has 0 fully saturated rings. The second-order valence-corrected chi connectivity index (χ2v) is 3.86. The van der Waals surface area contributed by atoms with E-state index in [1.807, 2.05) is 0 Å². The number of nitrogens with one attached hydrogen (secondary N) is 1. The minimum absolute atomic E-state index is 0.0751. The lowest BCUT2D eigenvalue weighted by Gasteiger charge is -2.00. The molecule has 0 saturated heterocycles. The van der Waals surface area contributed by atoms with Gasteiger partial charge in [-0.1, -0.05) is 5.21 Å². The molecule has 2 rings (SSSR count). The van der Waals surface area contributed by atoms with E-state index in [0.717, 1.165) is 5.56 Å². The van der Waals surface area contributed by atoms with E-state index in [2.05, 4.69) is 15.6 Å². The Labute approximate surface area is 104 Å². The van der Waals surface area contributed by atoms with Crippen LogP contribution in [-0.4, -0.2) is 27.4 Å². The van der Waals surface area contributed by atoms with Gasteiger partial charge in [0.25, 0.3) is 0 Å². The Kier molecular flexibility index (Phi) is 3.66. The zero-order valence-electron chi connectivity index (χ0n) is 9.93. The molecule has 0 saturated carbocycles. The highest BCUT2D eigenvalue weighted by atomic mass is 19.1. The van der Waals surface area contributed by atoms with Crippen molar-refractivity contribution in [1.82, 2.24) is 20.3 Å². The molecule has 0 bridgehead atoms. The molecule has 94 valence electrons. The van der Waals surface area contributed by atoms with Crippen LogP contribution in [0.25, 0.3) is 11.3 Å². The summed E-state index contributed by atoms with van der Waals surface area (Å²) in [7, 11) is 0. The quantitative estimate of drug-likeness (QED) is 0.885. The third-order valence-corrected chi connectivity index (χ3v) is 2.39. The predicted molar refractivity (Wildman–Crippen MR) is 64.1 cm³/mol. The van der Waals surface area contributed by atoms with Crippen LogP contribution in [0.15, 0.2) is 30.5 Å². The lowest BCUT2D eigenvalue weighted by atomic mass is 10.2. The predicted octanol–water partition coefficient (Wildman–Crippen LogP) is 1.22. The normalized spacial score (nSPS) is 10.3. The largest absolute Gasteiger partial charge is 0.354 e. The van der Waals surface area contributed by atoms with E-state index >= 15 is 0 Å². The van der Waals surface area contributed by atoms with Crippen LogP contribution in [0.4, 0.5) is 4.39 Å². The highest BCUT2D eigenvalue weighted by molar-refractivity contribution is 5.72. The minimum Gasteiger partial charge on any atom is -0.354 e. The number of carbonyl (C=O) groups is 1. The second kappa shape index (κ2) is 5.39. The fourth-order valence-electron chi connectivity index (χ4n) is 1.51. The van der Waals surface area contributed by atoms with Gasteiger partial charge in [0, 0.05) is 19.0 Å². The van der Waals surface area contributed by atoms with Gasteiger partial charge in [0.2, 0.25) is 5.91 Å². The molecule has 0 aliphatic rings.